The topological polar surface area (TPSA) is 83.9 Å². The summed E-state index contributed by atoms with van der Waals surface area (Å²) in [5, 5.41) is 8.70. The van der Waals surface area contributed by atoms with Gasteiger partial charge in [0.15, 0.2) is 6.10 Å². The highest BCUT2D eigenvalue weighted by atomic mass is 32.2. The summed E-state index contributed by atoms with van der Waals surface area (Å²) in [5.41, 5.74) is 0. The average molecular weight is 233 g/mol. The maximum absolute atomic E-state index is 11.3. The van der Waals surface area contributed by atoms with Gasteiger partial charge < -0.3 is 9.84 Å². The number of nitrogens with zero attached hydrogens (tertiary/aromatic N) is 1. The van der Waals surface area contributed by atoms with Crippen LogP contribution in [0.4, 0.5) is 0 Å². The molecule has 15 heavy (non-hydrogen) atoms. The fourth-order valence-electron chi connectivity index (χ4n) is 1.14. The van der Waals surface area contributed by atoms with E-state index >= 15 is 0 Å². The van der Waals surface area contributed by atoms with Crippen molar-refractivity contribution in [1.82, 2.24) is 4.90 Å². The number of carboxylic acids is 1. The van der Waals surface area contributed by atoms with E-state index in [1.165, 1.54) is 18.9 Å². The van der Waals surface area contributed by atoms with Gasteiger partial charge in [0, 0.05) is 7.11 Å². The zero-order valence-electron chi connectivity index (χ0n) is 8.13. The summed E-state index contributed by atoms with van der Waals surface area (Å²) in [6, 6.07) is 0. The third kappa shape index (κ3) is 2.93. The van der Waals surface area contributed by atoms with E-state index in [0.29, 0.717) is 0 Å². The molecule has 0 radical (unpaired) electrons. The predicted octanol–water partition coefficient (Wildman–Crippen LogP) is -0.812. The summed E-state index contributed by atoms with van der Waals surface area (Å²) in [6.07, 6.45) is -1.15. The molecule has 1 aliphatic heterocycles. The second-order valence-electron chi connectivity index (χ2n) is 2.95. The smallest absolute Gasteiger partial charge is 0.334 e. The van der Waals surface area contributed by atoms with Gasteiger partial charge in [0.1, 0.15) is 0 Å². The number of methoxy groups -OCH3 is 1. The number of ether oxygens (including phenoxy) is 1. The van der Waals surface area contributed by atoms with Crippen LogP contribution in [0.25, 0.3) is 0 Å². The van der Waals surface area contributed by atoms with Crippen molar-refractivity contribution in [3.8, 4) is 0 Å². The lowest BCUT2D eigenvalue weighted by Crippen LogP contribution is -2.48. The minimum atomic E-state index is -1.18. The van der Waals surface area contributed by atoms with Crippen molar-refractivity contribution in [2.45, 2.75) is 6.10 Å². The third-order valence-corrected chi connectivity index (χ3v) is 2.86. The Kier molecular flexibility index (Phi) is 4.10. The van der Waals surface area contributed by atoms with Crippen molar-refractivity contribution in [3.63, 3.8) is 0 Å². The van der Waals surface area contributed by atoms with E-state index < -0.39 is 12.1 Å². The van der Waals surface area contributed by atoms with E-state index in [-0.39, 0.29) is 29.9 Å². The number of hydrogen-bond acceptors (Lipinski definition) is 5. The normalized spacial score (nSPS) is 19.1. The van der Waals surface area contributed by atoms with Crippen LogP contribution in [0.2, 0.25) is 0 Å². The third-order valence-electron chi connectivity index (χ3n) is 1.96. The van der Waals surface area contributed by atoms with E-state index in [2.05, 4.69) is 4.74 Å². The minimum absolute atomic E-state index is 0.210. The van der Waals surface area contributed by atoms with Gasteiger partial charge in [0.05, 0.1) is 18.1 Å². The SMILES string of the molecule is COC(CN1C(=O)CSCC1=O)C(=O)O. The first kappa shape index (κ1) is 12.0. The van der Waals surface area contributed by atoms with E-state index in [1.54, 1.807) is 0 Å². The zero-order valence-corrected chi connectivity index (χ0v) is 8.95. The molecule has 0 saturated carbocycles. The summed E-state index contributed by atoms with van der Waals surface area (Å²) in [7, 11) is 1.23. The number of aliphatic carboxylic acids is 1. The zero-order chi connectivity index (χ0) is 11.4. The van der Waals surface area contributed by atoms with Gasteiger partial charge in [0.2, 0.25) is 11.8 Å². The second kappa shape index (κ2) is 5.13. The molecule has 1 N–H and O–H groups in total. The van der Waals surface area contributed by atoms with Crippen molar-refractivity contribution < 1.29 is 24.2 Å². The van der Waals surface area contributed by atoms with E-state index in [9.17, 15) is 14.4 Å². The van der Waals surface area contributed by atoms with Crippen LogP contribution in [0.5, 0.6) is 0 Å². The van der Waals surface area contributed by atoms with Crippen LogP contribution >= 0.6 is 11.8 Å². The number of carboxylic acid groups (broad SMARTS) is 1. The van der Waals surface area contributed by atoms with Crippen LogP contribution in [0.1, 0.15) is 0 Å². The average Bonchev–Trinajstić information content (AvgIpc) is 2.17. The van der Waals surface area contributed by atoms with Gasteiger partial charge in [0.25, 0.3) is 0 Å². The van der Waals surface area contributed by atoms with Gasteiger partial charge in [-0.05, 0) is 0 Å². The van der Waals surface area contributed by atoms with Gasteiger partial charge in [-0.1, -0.05) is 0 Å². The lowest BCUT2D eigenvalue weighted by atomic mass is 10.3. The quantitative estimate of drug-likeness (QED) is 0.639. The van der Waals surface area contributed by atoms with Crippen molar-refractivity contribution in [2.75, 3.05) is 25.2 Å². The molecule has 1 rings (SSSR count). The molecule has 1 saturated heterocycles. The van der Waals surface area contributed by atoms with E-state index in [0.717, 1.165) is 4.90 Å². The summed E-state index contributed by atoms with van der Waals surface area (Å²) in [5.74, 6) is -1.49. The van der Waals surface area contributed by atoms with Crippen LogP contribution in [0, 0.1) is 0 Å². The molecule has 1 heterocycles. The van der Waals surface area contributed by atoms with Gasteiger partial charge in [-0.2, -0.15) is 0 Å². The molecule has 0 spiro atoms. The molecular formula is C8H11NO5S. The fraction of sp³-hybridized carbons (Fsp3) is 0.625. The van der Waals surface area contributed by atoms with Crippen molar-refractivity contribution in [3.05, 3.63) is 0 Å². The Morgan fingerprint density at radius 3 is 2.47 bits per heavy atom. The molecule has 0 aromatic rings. The number of imide groups is 1. The second-order valence-corrected chi connectivity index (χ2v) is 3.94. The van der Waals surface area contributed by atoms with Crippen LogP contribution < -0.4 is 0 Å². The Morgan fingerprint density at radius 2 is 2.07 bits per heavy atom. The van der Waals surface area contributed by atoms with Crippen LogP contribution in [-0.4, -0.2) is 59.1 Å². The molecule has 0 aliphatic carbocycles. The van der Waals surface area contributed by atoms with Crippen molar-refractivity contribution in [2.24, 2.45) is 0 Å². The molecule has 6 nitrogen and oxygen atoms in total. The van der Waals surface area contributed by atoms with Gasteiger partial charge in [-0.3, -0.25) is 14.5 Å². The maximum Gasteiger partial charge on any atom is 0.334 e. The Labute approximate surface area is 90.6 Å². The highest BCUT2D eigenvalue weighted by Crippen LogP contribution is 2.13. The summed E-state index contributed by atoms with van der Waals surface area (Å²) in [6.45, 7) is -0.218. The molecule has 84 valence electrons. The maximum atomic E-state index is 11.3. The number of amides is 2. The molecule has 1 atom stereocenters. The molecule has 1 aliphatic rings. The molecule has 0 bridgehead atoms. The van der Waals surface area contributed by atoms with Crippen LogP contribution in [0.15, 0.2) is 0 Å². The monoisotopic (exact) mass is 233 g/mol. The Morgan fingerprint density at radius 1 is 1.53 bits per heavy atom. The molecule has 7 heteroatoms. The summed E-state index contributed by atoms with van der Waals surface area (Å²) in [4.78, 5) is 34.2. The lowest BCUT2D eigenvalue weighted by Gasteiger charge is -2.26. The molecule has 0 aromatic heterocycles. The molecular weight excluding hydrogens is 222 g/mol. The van der Waals surface area contributed by atoms with Gasteiger partial charge >= 0.3 is 5.97 Å². The molecule has 1 unspecified atom stereocenters. The summed E-state index contributed by atoms with van der Waals surface area (Å²) < 4.78 is 4.66. The first-order chi connectivity index (χ1) is 7.06. The number of rotatable bonds is 4. The number of carbonyl (C=O) groups is 3. The van der Waals surface area contributed by atoms with Gasteiger partial charge in [-0.25, -0.2) is 4.79 Å². The summed E-state index contributed by atoms with van der Waals surface area (Å²) >= 11 is 1.23. The predicted molar refractivity (Wildman–Crippen MR) is 52.5 cm³/mol. The number of carbonyl (C=O) groups excluding carboxylic acids is 2. The standard InChI is InChI=1S/C8H11NO5S/c1-14-5(8(12)13)2-9-6(10)3-15-4-7(9)11/h5H,2-4H2,1H3,(H,12,13). The molecule has 0 aromatic carbocycles. The largest absolute Gasteiger partial charge is 0.479 e. The Balaban J connectivity index is 2.65. The lowest BCUT2D eigenvalue weighted by molar-refractivity contribution is -0.153. The highest BCUT2D eigenvalue weighted by Gasteiger charge is 2.31. The fourth-order valence-corrected chi connectivity index (χ4v) is 1.91. The van der Waals surface area contributed by atoms with E-state index in [4.69, 9.17) is 5.11 Å². The Bertz CT molecular complexity index is 277. The van der Waals surface area contributed by atoms with Crippen LogP contribution in [-0.2, 0) is 19.1 Å². The van der Waals surface area contributed by atoms with Crippen molar-refractivity contribution >= 4 is 29.5 Å². The van der Waals surface area contributed by atoms with Crippen molar-refractivity contribution in [1.29, 1.82) is 0 Å². The number of thioether (sulfide) groups is 1. The highest BCUT2D eigenvalue weighted by molar-refractivity contribution is 8.00. The minimum Gasteiger partial charge on any atom is -0.479 e. The first-order valence-corrected chi connectivity index (χ1v) is 5.38. The molecule has 2 amide bonds. The van der Waals surface area contributed by atoms with Crippen LogP contribution in [0.3, 0.4) is 0 Å². The first-order valence-electron chi connectivity index (χ1n) is 4.22. The Hall–Kier alpha value is -1.08. The van der Waals surface area contributed by atoms with Gasteiger partial charge in [-0.15, -0.1) is 11.8 Å². The van der Waals surface area contributed by atoms with E-state index in [1.807, 2.05) is 0 Å². The number of hydrogen-bond donors (Lipinski definition) is 1. The molecule has 1 fully saturated rings.